The molecule has 0 radical (unpaired) electrons. The average Bonchev–Trinajstić information content (AvgIpc) is 2.86. The Morgan fingerprint density at radius 3 is 2.74 bits per heavy atom. The molecular formula is C18H16N2O3. The summed E-state index contributed by atoms with van der Waals surface area (Å²) in [6.45, 7) is 3.63. The highest BCUT2D eigenvalue weighted by Gasteiger charge is 2.20. The summed E-state index contributed by atoms with van der Waals surface area (Å²) in [5, 5.41) is 9.46. The maximum Gasteiger partial charge on any atom is 0.341 e. The zero-order valence-electron chi connectivity index (χ0n) is 12.9. The van der Waals surface area contributed by atoms with Gasteiger partial charge in [-0.15, -0.1) is 0 Å². The zero-order valence-corrected chi connectivity index (χ0v) is 12.9. The molecular weight excluding hydrogens is 292 g/mol. The molecule has 0 N–H and O–H groups in total. The molecule has 0 atom stereocenters. The molecule has 0 unspecified atom stereocenters. The molecule has 5 heteroatoms. The van der Waals surface area contributed by atoms with Crippen molar-refractivity contribution >= 4 is 22.4 Å². The predicted octanol–water partition coefficient (Wildman–Crippen LogP) is 3.56. The van der Waals surface area contributed by atoms with Crippen molar-refractivity contribution in [2.75, 3.05) is 6.61 Å². The minimum absolute atomic E-state index is 0.0209. The van der Waals surface area contributed by atoms with Crippen LogP contribution < -0.4 is 4.74 Å². The molecule has 116 valence electrons. The van der Waals surface area contributed by atoms with Crippen LogP contribution in [0.1, 0.15) is 24.2 Å². The molecule has 3 rings (SSSR count). The third kappa shape index (κ3) is 2.71. The predicted molar refractivity (Wildman–Crippen MR) is 86.6 cm³/mol. The lowest BCUT2D eigenvalue weighted by Crippen LogP contribution is -2.11. The highest BCUT2D eigenvalue weighted by atomic mass is 16.5. The number of aromatic nitrogens is 1. The lowest BCUT2D eigenvalue weighted by Gasteiger charge is -2.08. The first-order valence-corrected chi connectivity index (χ1v) is 7.35. The number of ether oxygens (including phenoxy) is 2. The van der Waals surface area contributed by atoms with E-state index in [4.69, 9.17) is 14.7 Å². The first-order valence-electron chi connectivity index (χ1n) is 7.35. The first kappa shape index (κ1) is 14.9. The maximum absolute atomic E-state index is 12.5. The van der Waals surface area contributed by atoms with Crippen molar-refractivity contribution < 1.29 is 14.3 Å². The minimum atomic E-state index is -0.343. The average molecular weight is 308 g/mol. The van der Waals surface area contributed by atoms with Gasteiger partial charge in [-0.1, -0.05) is 18.2 Å². The summed E-state index contributed by atoms with van der Waals surface area (Å²) in [4.78, 5) is 12.5. The van der Waals surface area contributed by atoms with E-state index in [1.807, 2.05) is 54.6 Å². The van der Waals surface area contributed by atoms with Crippen LogP contribution in [0.2, 0.25) is 0 Å². The fraction of sp³-hybridized carbons (Fsp3) is 0.222. The van der Waals surface area contributed by atoms with E-state index in [0.717, 1.165) is 16.4 Å². The van der Waals surface area contributed by atoms with Gasteiger partial charge in [0.1, 0.15) is 11.8 Å². The van der Waals surface area contributed by atoms with E-state index < -0.39 is 0 Å². The van der Waals surface area contributed by atoms with Gasteiger partial charge in [-0.3, -0.25) is 0 Å². The normalized spacial score (nSPS) is 10.9. The molecule has 0 saturated carbocycles. The number of benzene rings is 1. The van der Waals surface area contributed by atoms with Crippen LogP contribution in [0.4, 0.5) is 0 Å². The first-order chi connectivity index (χ1) is 11.1. The van der Waals surface area contributed by atoms with Gasteiger partial charge in [-0.2, -0.15) is 5.26 Å². The van der Waals surface area contributed by atoms with Crippen molar-refractivity contribution in [3.63, 3.8) is 0 Å². The highest BCUT2D eigenvalue weighted by Crippen LogP contribution is 2.29. The molecule has 3 aromatic rings. The Labute approximate surface area is 133 Å². The van der Waals surface area contributed by atoms with E-state index in [9.17, 15) is 4.79 Å². The Kier molecular flexibility index (Phi) is 3.90. The molecule has 2 heterocycles. The van der Waals surface area contributed by atoms with Crippen LogP contribution in [0.5, 0.6) is 5.75 Å². The molecule has 0 aliphatic carbocycles. The molecule has 0 amide bonds. The quantitative estimate of drug-likeness (QED) is 0.691. The Morgan fingerprint density at radius 2 is 2.00 bits per heavy atom. The van der Waals surface area contributed by atoms with Gasteiger partial charge in [-0.05, 0) is 32.0 Å². The number of hydrogen-bond donors (Lipinski definition) is 0. The Hall–Kier alpha value is -3.00. The smallest absolute Gasteiger partial charge is 0.341 e. The van der Waals surface area contributed by atoms with Gasteiger partial charge in [0.05, 0.1) is 28.9 Å². The summed E-state index contributed by atoms with van der Waals surface area (Å²) in [5.74, 6) is 0.230. The lowest BCUT2D eigenvalue weighted by molar-refractivity contribution is 0.0382. The maximum atomic E-state index is 12.5. The van der Waals surface area contributed by atoms with Crippen molar-refractivity contribution in [3.05, 3.63) is 48.2 Å². The number of pyridine rings is 1. The third-order valence-electron chi connectivity index (χ3n) is 3.46. The topological polar surface area (TPSA) is 63.7 Å². The number of nitriles is 1. The van der Waals surface area contributed by atoms with E-state index in [1.165, 1.54) is 0 Å². The zero-order chi connectivity index (χ0) is 16.4. The molecule has 0 fully saturated rings. The second kappa shape index (κ2) is 6.01. The van der Waals surface area contributed by atoms with Gasteiger partial charge >= 0.3 is 5.97 Å². The molecule has 23 heavy (non-hydrogen) atoms. The molecule has 2 aromatic heterocycles. The monoisotopic (exact) mass is 308 g/mol. The van der Waals surface area contributed by atoms with E-state index >= 15 is 0 Å². The highest BCUT2D eigenvalue weighted by molar-refractivity contribution is 6.11. The molecule has 0 spiro atoms. The second-order valence-electron chi connectivity index (χ2n) is 5.41. The summed E-state index contributed by atoms with van der Waals surface area (Å²) < 4.78 is 12.6. The number of esters is 1. The number of rotatable bonds is 4. The number of carbonyl (C=O) groups excluding carboxylic acids is 1. The van der Waals surface area contributed by atoms with Crippen LogP contribution in [0.3, 0.4) is 0 Å². The fourth-order valence-electron chi connectivity index (χ4n) is 2.61. The van der Waals surface area contributed by atoms with Crippen molar-refractivity contribution in [1.82, 2.24) is 4.40 Å². The van der Waals surface area contributed by atoms with E-state index in [-0.39, 0.29) is 18.7 Å². The summed E-state index contributed by atoms with van der Waals surface area (Å²) in [6.07, 6.45) is 1.59. The van der Waals surface area contributed by atoms with Gasteiger partial charge < -0.3 is 13.9 Å². The fourth-order valence-corrected chi connectivity index (χ4v) is 2.61. The molecule has 0 aliphatic heterocycles. The van der Waals surface area contributed by atoms with Gasteiger partial charge in [0, 0.05) is 5.39 Å². The number of hydrogen-bond acceptors (Lipinski definition) is 4. The number of para-hydroxylation sites is 1. The van der Waals surface area contributed by atoms with Crippen molar-refractivity contribution in [2.45, 2.75) is 20.0 Å². The summed E-state index contributed by atoms with van der Waals surface area (Å²) in [5.41, 5.74) is 2.18. The van der Waals surface area contributed by atoms with Crippen LogP contribution in [0, 0.1) is 11.3 Å². The van der Waals surface area contributed by atoms with Gasteiger partial charge in [0.25, 0.3) is 0 Å². The molecule has 5 nitrogen and oxygen atoms in total. The van der Waals surface area contributed by atoms with Crippen LogP contribution in [-0.4, -0.2) is 23.1 Å². The Morgan fingerprint density at radius 1 is 1.22 bits per heavy atom. The van der Waals surface area contributed by atoms with Crippen LogP contribution in [0.15, 0.2) is 42.6 Å². The summed E-state index contributed by atoms with van der Waals surface area (Å²) in [7, 11) is 0. The molecule has 1 aromatic carbocycles. The number of fused-ring (bicyclic) bond motifs is 3. The van der Waals surface area contributed by atoms with Crippen molar-refractivity contribution in [3.8, 4) is 11.8 Å². The number of carbonyl (C=O) groups is 1. The van der Waals surface area contributed by atoms with E-state index in [2.05, 4.69) is 0 Å². The lowest BCUT2D eigenvalue weighted by atomic mass is 10.1. The summed E-state index contributed by atoms with van der Waals surface area (Å²) >= 11 is 0. The van der Waals surface area contributed by atoms with Crippen LogP contribution in [0.25, 0.3) is 16.4 Å². The largest absolute Gasteiger partial charge is 0.477 e. The second-order valence-corrected chi connectivity index (χ2v) is 5.41. The summed E-state index contributed by atoms with van der Waals surface area (Å²) in [6, 6.07) is 13.1. The Balaban J connectivity index is 2.22. The van der Waals surface area contributed by atoms with E-state index in [0.29, 0.717) is 11.3 Å². The SMILES string of the molecule is CC(C)OC(=O)c1c2ccccc2n2cc(OCC#N)ccc12. The third-order valence-corrected chi connectivity index (χ3v) is 3.46. The molecule has 0 aliphatic rings. The Bertz CT molecular complexity index is 919. The standard InChI is InChI=1S/C18H16N2O3/c1-12(2)23-18(21)17-14-5-3-4-6-15(14)20-11-13(22-10-9-19)7-8-16(17)20/h3-8,11-12H,10H2,1-2H3. The van der Waals surface area contributed by atoms with E-state index in [1.54, 1.807) is 12.3 Å². The van der Waals surface area contributed by atoms with Crippen molar-refractivity contribution in [1.29, 1.82) is 5.26 Å². The van der Waals surface area contributed by atoms with Gasteiger partial charge in [0.15, 0.2) is 6.61 Å². The van der Waals surface area contributed by atoms with Crippen LogP contribution in [-0.2, 0) is 4.74 Å². The number of nitrogens with zero attached hydrogens (tertiary/aromatic N) is 2. The van der Waals surface area contributed by atoms with Gasteiger partial charge in [0.2, 0.25) is 0 Å². The van der Waals surface area contributed by atoms with Crippen molar-refractivity contribution in [2.24, 2.45) is 0 Å². The molecule has 0 bridgehead atoms. The van der Waals surface area contributed by atoms with Gasteiger partial charge in [-0.25, -0.2) is 4.79 Å². The minimum Gasteiger partial charge on any atom is -0.477 e. The molecule has 0 saturated heterocycles. The van der Waals surface area contributed by atoms with Crippen LogP contribution >= 0.6 is 0 Å².